The van der Waals surface area contributed by atoms with E-state index in [0.717, 1.165) is 17.7 Å². The van der Waals surface area contributed by atoms with Crippen LogP contribution in [0.3, 0.4) is 0 Å². The fraction of sp³-hybridized carbons (Fsp3) is 0.458. The number of rotatable bonds is 9. The molecule has 0 N–H and O–H groups in total. The van der Waals surface area contributed by atoms with Crippen LogP contribution in [0.4, 0.5) is 0 Å². The number of amides is 1. The minimum absolute atomic E-state index is 0.00493. The molecule has 0 bridgehead atoms. The zero-order valence-electron chi connectivity index (χ0n) is 18.3. The molecule has 3 rings (SSSR count). The van der Waals surface area contributed by atoms with Crippen molar-refractivity contribution < 1.29 is 19.1 Å². The van der Waals surface area contributed by atoms with E-state index in [1.54, 1.807) is 19.1 Å². The van der Waals surface area contributed by atoms with Crippen LogP contribution in [0.25, 0.3) is 0 Å². The van der Waals surface area contributed by atoms with Crippen molar-refractivity contribution in [2.75, 3.05) is 6.61 Å². The van der Waals surface area contributed by atoms with Crippen molar-refractivity contribution >= 4 is 40.6 Å². The van der Waals surface area contributed by atoms with Gasteiger partial charge in [0.15, 0.2) is 11.6 Å². The third kappa shape index (κ3) is 4.67. The molecule has 0 spiro atoms. The zero-order chi connectivity index (χ0) is 22.4. The van der Waals surface area contributed by atoms with Crippen molar-refractivity contribution in [1.82, 2.24) is 4.90 Å². The molecular weight excluding hydrogens is 430 g/mol. The maximum atomic E-state index is 13.5. The van der Waals surface area contributed by atoms with E-state index in [4.69, 9.17) is 21.7 Å². The van der Waals surface area contributed by atoms with Crippen LogP contribution in [0, 0.1) is 0 Å². The average Bonchev–Trinajstić information content (AvgIpc) is 3.41. The number of carbonyl (C=O) groups is 2. The zero-order valence-corrected chi connectivity index (χ0v) is 19.9. The lowest BCUT2D eigenvalue weighted by atomic mass is 9.89. The first-order valence-electron chi connectivity index (χ1n) is 10.8. The monoisotopic (exact) mass is 459 g/mol. The third-order valence-electron chi connectivity index (χ3n) is 5.63. The number of benzene rings is 1. The molecule has 2 heterocycles. The fourth-order valence-electron chi connectivity index (χ4n) is 3.97. The summed E-state index contributed by atoms with van der Waals surface area (Å²) in [6.45, 7) is 6.05. The summed E-state index contributed by atoms with van der Waals surface area (Å²) in [5.74, 6) is -0.864. The number of esters is 1. The normalized spacial score (nSPS) is 20.5. The second-order valence-corrected chi connectivity index (χ2v) is 8.87. The first-order valence-corrected chi connectivity index (χ1v) is 12.1. The van der Waals surface area contributed by atoms with Gasteiger partial charge in [-0.2, -0.15) is 0 Å². The Morgan fingerprint density at radius 1 is 1.16 bits per heavy atom. The molecule has 2 atom stereocenters. The largest absolute Gasteiger partial charge is 0.464 e. The van der Waals surface area contributed by atoms with Gasteiger partial charge in [-0.05, 0) is 67.5 Å². The van der Waals surface area contributed by atoms with E-state index in [-0.39, 0.29) is 17.7 Å². The lowest BCUT2D eigenvalue weighted by Crippen LogP contribution is -2.51. The molecule has 1 aromatic heterocycles. The van der Waals surface area contributed by atoms with Gasteiger partial charge in [-0.3, -0.25) is 4.79 Å². The summed E-state index contributed by atoms with van der Waals surface area (Å²) in [6.07, 6.45) is 4.93. The summed E-state index contributed by atoms with van der Waals surface area (Å²) in [5, 5.41) is 1.92. The second-order valence-electron chi connectivity index (χ2n) is 7.57. The number of thiocarbonyl (C=S) groups is 1. The summed E-state index contributed by atoms with van der Waals surface area (Å²) in [5.41, 5.74) is 0.610. The number of carbonyl (C=O) groups excluding carboxylic acids is 2. The SMILES string of the molecule is CCCCCc1ccc(C(=O)N2C(=S)OC(CC)(c3cccs3)C2C(=O)OCC)cc1. The Balaban J connectivity index is 1.93. The van der Waals surface area contributed by atoms with Crippen LogP contribution in [0.2, 0.25) is 0 Å². The molecule has 0 saturated carbocycles. The van der Waals surface area contributed by atoms with Crippen molar-refractivity contribution in [2.45, 2.75) is 64.5 Å². The number of nitrogens with zero attached hydrogens (tertiary/aromatic N) is 1. The molecule has 31 heavy (non-hydrogen) atoms. The van der Waals surface area contributed by atoms with Gasteiger partial charge in [-0.15, -0.1) is 11.3 Å². The van der Waals surface area contributed by atoms with Crippen LogP contribution >= 0.6 is 23.6 Å². The van der Waals surface area contributed by atoms with Gasteiger partial charge in [0.05, 0.1) is 11.5 Å². The molecule has 0 radical (unpaired) electrons. The first-order chi connectivity index (χ1) is 15.0. The summed E-state index contributed by atoms with van der Waals surface area (Å²) in [4.78, 5) is 28.7. The Hall–Kier alpha value is -2.25. The van der Waals surface area contributed by atoms with Gasteiger partial charge in [-0.1, -0.05) is 44.9 Å². The lowest BCUT2D eigenvalue weighted by molar-refractivity contribution is -0.152. The van der Waals surface area contributed by atoms with Gasteiger partial charge in [0.1, 0.15) is 0 Å². The molecule has 1 amide bonds. The van der Waals surface area contributed by atoms with E-state index in [1.807, 2.05) is 36.6 Å². The number of ether oxygens (including phenoxy) is 2. The van der Waals surface area contributed by atoms with Gasteiger partial charge in [0, 0.05) is 5.56 Å². The highest BCUT2D eigenvalue weighted by Crippen LogP contribution is 2.45. The fourth-order valence-corrected chi connectivity index (χ4v) is 5.26. The summed E-state index contributed by atoms with van der Waals surface area (Å²) >= 11 is 6.94. The Bertz CT molecular complexity index is 910. The highest BCUT2D eigenvalue weighted by Gasteiger charge is 2.59. The Morgan fingerprint density at radius 2 is 1.90 bits per heavy atom. The number of aryl methyl sites for hydroxylation is 1. The van der Waals surface area contributed by atoms with E-state index >= 15 is 0 Å². The number of hydrogen-bond donors (Lipinski definition) is 0. The van der Waals surface area contributed by atoms with E-state index in [9.17, 15) is 9.59 Å². The average molecular weight is 460 g/mol. The standard InChI is InChI=1S/C24H29NO4S2/c1-4-7-8-10-17-12-14-18(15-13-17)21(26)25-20(22(27)28-6-3)24(5-2,29-23(25)30)19-11-9-16-31-19/h9,11-16,20H,4-8,10H2,1-3H3. The summed E-state index contributed by atoms with van der Waals surface area (Å²) in [7, 11) is 0. The van der Waals surface area contributed by atoms with Crippen LogP contribution in [0.15, 0.2) is 41.8 Å². The topological polar surface area (TPSA) is 55.8 Å². The molecule has 1 aromatic carbocycles. The Morgan fingerprint density at radius 3 is 2.48 bits per heavy atom. The van der Waals surface area contributed by atoms with Crippen LogP contribution in [-0.4, -0.2) is 34.6 Å². The molecule has 7 heteroatoms. The van der Waals surface area contributed by atoms with Gasteiger partial charge >= 0.3 is 5.97 Å². The van der Waals surface area contributed by atoms with Crippen molar-refractivity contribution in [1.29, 1.82) is 0 Å². The number of unbranched alkanes of at least 4 members (excludes halogenated alkanes) is 2. The van der Waals surface area contributed by atoms with Crippen LogP contribution in [0.5, 0.6) is 0 Å². The highest BCUT2D eigenvalue weighted by atomic mass is 32.1. The predicted octanol–water partition coefficient (Wildman–Crippen LogP) is 5.48. The molecule has 1 fully saturated rings. The van der Waals surface area contributed by atoms with Gasteiger partial charge < -0.3 is 9.47 Å². The second kappa shape index (κ2) is 10.4. The number of hydrogen-bond acceptors (Lipinski definition) is 6. The maximum Gasteiger partial charge on any atom is 0.334 e. The Kier molecular flexibility index (Phi) is 7.84. The van der Waals surface area contributed by atoms with Gasteiger partial charge in [0.2, 0.25) is 0 Å². The van der Waals surface area contributed by atoms with Crippen LogP contribution in [-0.2, 0) is 26.3 Å². The quantitative estimate of drug-likeness (QED) is 0.283. The molecule has 5 nitrogen and oxygen atoms in total. The molecule has 1 saturated heterocycles. The third-order valence-corrected chi connectivity index (χ3v) is 6.94. The van der Waals surface area contributed by atoms with Crippen LogP contribution < -0.4 is 0 Å². The number of thiophene rings is 1. The van der Waals surface area contributed by atoms with E-state index < -0.39 is 17.6 Å². The molecule has 166 valence electrons. The molecular formula is C24H29NO4S2. The van der Waals surface area contributed by atoms with Crippen molar-refractivity contribution in [3.05, 3.63) is 57.8 Å². The predicted molar refractivity (Wildman–Crippen MR) is 126 cm³/mol. The summed E-state index contributed by atoms with van der Waals surface area (Å²) in [6, 6.07) is 10.4. The van der Waals surface area contributed by atoms with Crippen LogP contribution in [0.1, 0.15) is 67.3 Å². The Labute approximate surface area is 193 Å². The first kappa shape index (κ1) is 23.4. The minimum Gasteiger partial charge on any atom is -0.464 e. The highest BCUT2D eigenvalue weighted by molar-refractivity contribution is 7.80. The minimum atomic E-state index is -1.05. The van der Waals surface area contributed by atoms with E-state index in [0.29, 0.717) is 12.0 Å². The van der Waals surface area contributed by atoms with Crippen molar-refractivity contribution in [2.24, 2.45) is 0 Å². The maximum absolute atomic E-state index is 13.5. The lowest BCUT2D eigenvalue weighted by Gasteiger charge is -2.31. The molecule has 2 unspecified atom stereocenters. The van der Waals surface area contributed by atoms with Crippen molar-refractivity contribution in [3.8, 4) is 0 Å². The van der Waals surface area contributed by atoms with Crippen molar-refractivity contribution in [3.63, 3.8) is 0 Å². The van der Waals surface area contributed by atoms with E-state index in [1.165, 1.54) is 34.6 Å². The molecule has 2 aromatic rings. The van der Waals surface area contributed by atoms with E-state index in [2.05, 4.69) is 6.92 Å². The summed E-state index contributed by atoms with van der Waals surface area (Å²) < 4.78 is 11.5. The molecule has 1 aliphatic rings. The van der Waals surface area contributed by atoms with Gasteiger partial charge in [0.25, 0.3) is 11.1 Å². The van der Waals surface area contributed by atoms with Gasteiger partial charge in [-0.25, -0.2) is 9.69 Å². The molecule has 1 aliphatic heterocycles. The molecule has 0 aliphatic carbocycles. The smallest absolute Gasteiger partial charge is 0.334 e.